The highest BCUT2D eigenvalue weighted by atomic mass is 16.7. The molecule has 4 nitrogen and oxygen atoms in total. The standard InChI is InChI=1S/C23H29NO3/c25-23(12-11-22-26-13-4-14-27-22)15-18-9-10-19(16-23)24(18)21-8-3-6-17-5-1-2-7-20(17)21/h1-3,5-8,18-19,22,25H,4,9-16H2. The minimum atomic E-state index is -0.586. The second kappa shape index (κ2) is 7.08. The van der Waals surface area contributed by atoms with Crippen LogP contribution < -0.4 is 4.90 Å². The number of benzene rings is 2. The smallest absolute Gasteiger partial charge is 0.157 e. The predicted octanol–water partition coefficient (Wildman–Crippen LogP) is 4.25. The molecule has 0 spiro atoms. The molecule has 144 valence electrons. The normalized spacial score (nSPS) is 31.5. The summed E-state index contributed by atoms with van der Waals surface area (Å²) in [6.45, 7) is 1.56. The van der Waals surface area contributed by atoms with E-state index in [4.69, 9.17) is 9.47 Å². The maximum Gasteiger partial charge on any atom is 0.157 e. The van der Waals surface area contributed by atoms with Crippen LogP contribution in [0.1, 0.15) is 44.9 Å². The summed E-state index contributed by atoms with van der Waals surface area (Å²) in [5, 5.41) is 13.9. The van der Waals surface area contributed by atoms with E-state index in [9.17, 15) is 5.11 Å². The van der Waals surface area contributed by atoms with Gasteiger partial charge in [-0.25, -0.2) is 0 Å². The van der Waals surface area contributed by atoms with Gasteiger partial charge in [0.1, 0.15) is 0 Å². The van der Waals surface area contributed by atoms with Crippen molar-refractivity contribution in [1.82, 2.24) is 0 Å². The average molecular weight is 367 g/mol. The van der Waals surface area contributed by atoms with Crippen molar-refractivity contribution >= 4 is 16.5 Å². The molecule has 27 heavy (non-hydrogen) atoms. The third-order valence-electron chi connectivity index (χ3n) is 6.64. The molecule has 3 heterocycles. The number of fused-ring (bicyclic) bond motifs is 3. The average Bonchev–Trinajstić information content (AvgIpc) is 2.99. The summed E-state index contributed by atoms with van der Waals surface area (Å²) in [6.07, 6.45) is 6.46. The van der Waals surface area contributed by atoms with Gasteiger partial charge in [0, 0.05) is 29.6 Å². The van der Waals surface area contributed by atoms with Crippen molar-refractivity contribution in [3.8, 4) is 0 Å². The number of ether oxygens (including phenoxy) is 2. The lowest BCUT2D eigenvalue weighted by Gasteiger charge is -2.46. The molecule has 3 aliphatic rings. The molecule has 0 aliphatic carbocycles. The van der Waals surface area contributed by atoms with E-state index in [1.165, 1.54) is 29.3 Å². The zero-order valence-electron chi connectivity index (χ0n) is 15.8. The van der Waals surface area contributed by atoms with Crippen LogP contribution in [-0.2, 0) is 9.47 Å². The number of aliphatic hydroxyl groups is 1. The van der Waals surface area contributed by atoms with Gasteiger partial charge < -0.3 is 19.5 Å². The van der Waals surface area contributed by atoms with Crippen molar-refractivity contribution in [1.29, 1.82) is 0 Å². The van der Waals surface area contributed by atoms with Gasteiger partial charge in [0.2, 0.25) is 0 Å². The van der Waals surface area contributed by atoms with Crippen LogP contribution in [0.3, 0.4) is 0 Å². The summed E-state index contributed by atoms with van der Waals surface area (Å²) in [7, 11) is 0. The molecule has 3 saturated heterocycles. The fraction of sp³-hybridized carbons (Fsp3) is 0.565. The molecule has 2 aromatic rings. The molecule has 2 bridgehead atoms. The predicted molar refractivity (Wildman–Crippen MR) is 107 cm³/mol. The number of rotatable bonds is 4. The molecular formula is C23H29NO3. The van der Waals surface area contributed by atoms with Gasteiger partial charge in [0.15, 0.2) is 6.29 Å². The van der Waals surface area contributed by atoms with Gasteiger partial charge in [0.25, 0.3) is 0 Å². The molecule has 1 N–H and O–H groups in total. The Bertz CT molecular complexity index is 782. The van der Waals surface area contributed by atoms with Gasteiger partial charge in [0.05, 0.1) is 18.8 Å². The van der Waals surface area contributed by atoms with Crippen molar-refractivity contribution in [3.63, 3.8) is 0 Å². The minimum Gasteiger partial charge on any atom is -0.390 e. The Morgan fingerprint density at radius 2 is 1.67 bits per heavy atom. The maximum absolute atomic E-state index is 11.3. The van der Waals surface area contributed by atoms with Gasteiger partial charge in [-0.15, -0.1) is 0 Å². The Morgan fingerprint density at radius 3 is 2.44 bits per heavy atom. The van der Waals surface area contributed by atoms with E-state index in [0.717, 1.165) is 45.3 Å². The van der Waals surface area contributed by atoms with Crippen molar-refractivity contribution in [2.45, 2.75) is 68.9 Å². The number of piperidine rings is 1. The topological polar surface area (TPSA) is 41.9 Å². The Morgan fingerprint density at radius 1 is 0.963 bits per heavy atom. The first-order chi connectivity index (χ1) is 13.2. The lowest BCUT2D eigenvalue weighted by atomic mass is 9.82. The molecule has 0 amide bonds. The molecule has 5 rings (SSSR count). The van der Waals surface area contributed by atoms with Crippen molar-refractivity contribution in [2.24, 2.45) is 0 Å². The molecule has 4 heteroatoms. The van der Waals surface area contributed by atoms with Gasteiger partial charge in [-0.05, 0) is 50.0 Å². The second-order valence-corrected chi connectivity index (χ2v) is 8.49. The molecule has 3 aliphatic heterocycles. The summed E-state index contributed by atoms with van der Waals surface area (Å²) in [4.78, 5) is 2.60. The van der Waals surface area contributed by atoms with Crippen LogP contribution in [0.5, 0.6) is 0 Å². The molecule has 0 radical (unpaired) electrons. The molecule has 0 aromatic heterocycles. The summed E-state index contributed by atoms with van der Waals surface area (Å²) in [5.41, 5.74) is 0.749. The number of hydrogen-bond donors (Lipinski definition) is 1. The zero-order valence-corrected chi connectivity index (χ0v) is 15.8. The van der Waals surface area contributed by atoms with Gasteiger partial charge in [-0.1, -0.05) is 36.4 Å². The quantitative estimate of drug-likeness (QED) is 0.877. The van der Waals surface area contributed by atoms with E-state index in [-0.39, 0.29) is 6.29 Å². The molecule has 2 unspecified atom stereocenters. The Labute approximate surface area is 161 Å². The number of hydrogen-bond acceptors (Lipinski definition) is 4. The molecule has 0 saturated carbocycles. The van der Waals surface area contributed by atoms with Crippen molar-refractivity contribution < 1.29 is 14.6 Å². The van der Waals surface area contributed by atoms with Gasteiger partial charge in [-0.2, -0.15) is 0 Å². The highest BCUT2D eigenvalue weighted by molar-refractivity contribution is 5.94. The Kier molecular flexibility index (Phi) is 4.58. The van der Waals surface area contributed by atoms with E-state index in [1.807, 2.05) is 0 Å². The first kappa shape index (κ1) is 17.5. The summed E-state index contributed by atoms with van der Waals surface area (Å²) >= 11 is 0. The molecule has 3 fully saturated rings. The van der Waals surface area contributed by atoms with Crippen LogP contribution in [0.4, 0.5) is 5.69 Å². The van der Waals surface area contributed by atoms with Crippen LogP contribution in [-0.4, -0.2) is 42.3 Å². The van der Waals surface area contributed by atoms with Crippen molar-refractivity contribution in [3.05, 3.63) is 42.5 Å². The highest BCUT2D eigenvalue weighted by Gasteiger charge is 2.47. The fourth-order valence-corrected chi connectivity index (χ4v) is 5.44. The Hall–Kier alpha value is -1.62. The van der Waals surface area contributed by atoms with E-state index in [2.05, 4.69) is 47.4 Å². The molecule has 2 atom stereocenters. The Balaban J connectivity index is 1.34. The molecular weight excluding hydrogens is 338 g/mol. The van der Waals surface area contributed by atoms with E-state index in [1.54, 1.807) is 0 Å². The number of anilines is 1. The lowest BCUT2D eigenvalue weighted by molar-refractivity contribution is -0.187. The van der Waals surface area contributed by atoms with Crippen LogP contribution in [0, 0.1) is 0 Å². The fourth-order valence-electron chi connectivity index (χ4n) is 5.44. The minimum absolute atomic E-state index is 0.128. The first-order valence-electron chi connectivity index (χ1n) is 10.4. The summed E-state index contributed by atoms with van der Waals surface area (Å²) < 4.78 is 11.4. The molecule has 2 aromatic carbocycles. The van der Waals surface area contributed by atoms with Crippen LogP contribution in [0.25, 0.3) is 10.8 Å². The van der Waals surface area contributed by atoms with Crippen LogP contribution >= 0.6 is 0 Å². The van der Waals surface area contributed by atoms with Crippen LogP contribution in [0.2, 0.25) is 0 Å². The summed E-state index contributed by atoms with van der Waals surface area (Å²) in [6, 6.07) is 16.1. The maximum atomic E-state index is 11.3. The monoisotopic (exact) mass is 367 g/mol. The van der Waals surface area contributed by atoms with E-state index >= 15 is 0 Å². The van der Waals surface area contributed by atoms with Crippen molar-refractivity contribution in [2.75, 3.05) is 18.1 Å². The number of nitrogens with zero attached hydrogens (tertiary/aromatic N) is 1. The van der Waals surface area contributed by atoms with Gasteiger partial charge >= 0.3 is 0 Å². The van der Waals surface area contributed by atoms with E-state index < -0.39 is 5.60 Å². The largest absolute Gasteiger partial charge is 0.390 e. The highest BCUT2D eigenvalue weighted by Crippen LogP contribution is 2.46. The van der Waals surface area contributed by atoms with Gasteiger partial charge in [-0.3, -0.25) is 0 Å². The lowest BCUT2D eigenvalue weighted by Crippen LogP contribution is -2.51. The van der Waals surface area contributed by atoms with Crippen LogP contribution in [0.15, 0.2) is 42.5 Å². The van der Waals surface area contributed by atoms with E-state index in [0.29, 0.717) is 12.1 Å². The third kappa shape index (κ3) is 3.35. The third-order valence-corrected chi connectivity index (χ3v) is 6.64. The summed E-state index contributed by atoms with van der Waals surface area (Å²) in [5.74, 6) is 0. The first-order valence-corrected chi connectivity index (χ1v) is 10.4. The zero-order chi connectivity index (χ0) is 18.3. The second-order valence-electron chi connectivity index (χ2n) is 8.49. The SMILES string of the molecule is OC1(CCC2OCCCO2)CC2CCC(C1)N2c1cccc2ccccc12.